The zero-order chi connectivity index (χ0) is 22.3. The van der Waals surface area contributed by atoms with Gasteiger partial charge in [-0.05, 0) is 86.6 Å². The lowest BCUT2D eigenvalue weighted by atomic mass is 9.90. The van der Waals surface area contributed by atoms with Gasteiger partial charge in [0, 0.05) is 12.0 Å². The molecule has 0 radical (unpaired) electrons. The van der Waals surface area contributed by atoms with E-state index in [9.17, 15) is 0 Å². The van der Waals surface area contributed by atoms with Crippen LogP contribution in [0.2, 0.25) is 0 Å². The van der Waals surface area contributed by atoms with Crippen LogP contribution < -0.4 is 4.74 Å². The predicted octanol–water partition coefficient (Wildman–Crippen LogP) is 9.18. The minimum atomic E-state index is 0.832. The van der Waals surface area contributed by atoms with Crippen molar-refractivity contribution in [3.63, 3.8) is 0 Å². The summed E-state index contributed by atoms with van der Waals surface area (Å²) in [6.45, 7) is 18.5. The van der Waals surface area contributed by atoms with E-state index in [1.54, 1.807) is 0 Å². The van der Waals surface area contributed by atoms with Gasteiger partial charge in [-0.3, -0.25) is 0 Å². The van der Waals surface area contributed by atoms with Gasteiger partial charge in [-0.1, -0.05) is 72.6 Å². The highest BCUT2D eigenvalue weighted by molar-refractivity contribution is 5.56. The molecule has 2 rings (SSSR count). The smallest absolute Gasteiger partial charge is 0.133 e. The molecule has 0 fully saturated rings. The Kier molecular flexibility index (Phi) is 9.98. The number of ether oxygens (including phenoxy) is 1. The monoisotopic (exact) mass is 412 g/mol. The highest BCUT2D eigenvalue weighted by Gasteiger charge is 2.20. The van der Waals surface area contributed by atoms with Crippen LogP contribution in [0.5, 0.6) is 5.75 Å². The average Bonchev–Trinajstić information content (AvgIpc) is 2.70. The van der Waals surface area contributed by atoms with Gasteiger partial charge in [0.05, 0.1) is 0 Å². The van der Waals surface area contributed by atoms with Crippen molar-refractivity contribution >= 4 is 0 Å². The summed E-state index contributed by atoms with van der Waals surface area (Å²) in [6.07, 6.45) is 15.4. The van der Waals surface area contributed by atoms with E-state index in [4.69, 9.17) is 4.74 Å². The molecule has 30 heavy (non-hydrogen) atoms. The van der Waals surface area contributed by atoms with Crippen LogP contribution in [-0.4, -0.2) is 0 Å². The van der Waals surface area contributed by atoms with Crippen LogP contribution in [0.15, 0.2) is 11.8 Å². The fourth-order valence-corrected chi connectivity index (χ4v) is 4.88. The van der Waals surface area contributed by atoms with Crippen LogP contribution in [0.4, 0.5) is 0 Å². The third kappa shape index (κ3) is 7.17. The zero-order valence-electron chi connectivity index (χ0n) is 21.3. The van der Waals surface area contributed by atoms with Gasteiger partial charge >= 0.3 is 0 Å². The number of hydrogen-bond acceptors (Lipinski definition) is 1. The van der Waals surface area contributed by atoms with Gasteiger partial charge in [-0.2, -0.15) is 0 Å². The minimum absolute atomic E-state index is 0.832. The third-order valence-electron chi connectivity index (χ3n) is 7.51. The molecule has 1 aliphatic rings. The van der Waals surface area contributed by atoms with Gasteiger partial charge in [0.2, 0.25) is 0 Å². The van der Waals surface area contributed by atoms with Crippen molar-refractivity contribution in [2.45, 2.75) is 120 Å². The average molecular weight is 413 g/mol. The van der Waals surface area contributed by atoms with Crippen LogP contribution >= 0.6 is 0 Å². The summed E-state index contributed by atoms with van der Waals surface area (Å²) in [5, 5.41) is 0. The van der Waals surface area contributed by atoms with E-state index < -0.39 is 0 Å². The molecule has 1 aromatic rings. The first kappa shape index (κ1) is 25.0. The van der Waals surface area contributed by atoms with Crippen molar-refractivity contribution in [3.05, 3.63) is 39.7 Å². The maximum Gasteiger partial charge on any atom is 0.133 e. The van der Waals surface area contributed by atoms with Crippen molar-refractivity contribution in [1.82, 2.24) is 0 Å². The number of rotatable bonds is 12. The molecule has 1 aromatic carbocycles. The standard InChI is InChI=1S/C29H48O/c1-20(2)12-9-13-21(3)14-10-15-22(4)16-11-17-27-18-19-28-25(7)23(5)24(6)26(8)29(28)30-27/h18,20-22H,9-17,19H2,1-8H3/t21-,22-/m1/s1. The summed E-state index contributed by atoms with van der Waals surface area (Å²) in [5.41, 5.74) is 6.95. The van der Waals surface area contributed by atoms with Crippen molar-refractivity contribution < 1.29 is 4.74 Å². The van der Waals surface area contributed by atoms with Gasteiger partial charge < -0.3 is 4.74 Å². The maximum atomic E-state index is 6.39. The van der Waals surface area contributed by atoms with Crippen molar-refractivity contribution in [2.75, 3.05) is 0 Å². The SMILES string of the molecule is Cc1c(C)c(C)c2c(c1C)CC=C(CCC[C@H](C)CCC[C@H](C)CCCC(C)C)O2. The number of allylic oxidation sites excluding steroid dienone is 2. The normalized spacial score (nSPS) is 15.6. The molecule has 170 valence electrons. The summed E-state index contributed by atoms with van der Waals surface area (Å²) in [7, 11) is 0. The molecule has 0 saturated carbocycles. The molecule has 0 aliphatic carbocycles. The number of fused-ring (bicyclic) bond motifs is 1. The molecule has 0 N–H and O–H groups in total. The molecule has 0 bridgehead atoms. The fraction of sp³-hybridized carbons (Fsp3) is 0.724. The van der Waals surface area contributed by atoms with Crippen LogP contribution in [0.25, 0.3) is 0 Å². The van der Waals surface area contributed by atoms with E-state index in [0.717, 1.165) is 36.3 Å². The Hall–Kier alpha value is -1.24. The van der Waals surface area contributed by atoms with Crippen LogP contribution in [-0.2, 0) is 6.42 Å². The van der Waals surface area contributed by atoms with E-state index >= 15 is 0 Å². The Balaban J connectivity index is 1.69. The fourth-order valence-electron chi connectivity index (χ4n) is 4.88. The topological polar surface area (TPSA) is 9.23 Å². The highest BCUT2D eigenvalue weighted by atomic mass is 16.5. The molecule has 1 heterocycles. The Labute approximate surface area is 187 Å². The van der Waals surface area contributed by atoms with Gasteiger partial charge in [-0.25, -0.2) is 0 Å². The van der Waals surface area contributed by atoms with E-state index in [1.807, 2.05) is 0 Å². The van der Waals surface area contributed by atoms with Gasteiger partial charge in [0.1, 0.15) is 11.5 Å². The number of hydrogen-bond donors (Lipinski definition) is 0. The molecule has 1 aliphatic heterocycles. The summed E-state index contributed by atoms with van der Waals surface area (Å²) < 4.78 is 6.39. The van der Waals surface area contributed by atoms with Gasteiger partial charge in [0.15, 0.2) is 0 Å². The molecule has 0 unspecified atom stereocenters. The number of benzene rings is 1. The second-order valence-electron chi connectivity index (χ2n) is 10.6. The largest absolute Gasteiger partial charge is 0.461 e. The second-order valence-corrected chi connectivity index (χ2v) is 10.6. The summed E-state index contributed by atoms with van der Waals surface area (Å²) >= 11 is 0. The van der Waals surface area contributed by atoms with E-state index in [-0.39, 0.29) is 0 Å². The Morgan fingerprint density at radius 2 is 1.23 bits per heavy atom. The third-order valence-corrected chi connectivity index (χ3v) is 7.51. The van der Waals surface area contributed by atoms with E-state index in [1.165, 1.54) is 84.9 Å². The molecular weight excluding hydrogens is 364 g/mol. The predicted molar refractivity (Wildman–Crippen MR) is 133 cm³/mol. The molecule has 1 heteroatoms. The summed E-state index contributed by atoms with van der Waals surface area (Å²) in [6, 6.07) is 0. The van der Waals surface area contributed by atoms with E-state index in [0.29, 0.717) is 0 Å². The van der Waals surface area contributed by atoms with Crippen molar-refractivity contribution in [3.8, 4) is 5.75 Å². The minimum Gasteiger partial charge on any atom is -0.461 e. The van der Waals surface area contributed by atoms with Gasteiger partial charge in [-0.15, -0.1) is 0 Å². The Bertz CT molecular complexity index is 710. The molecule has 0 saturated heterocycles. The van der Waals surface area contributed by atoms with Gasteiger partial charge in [0.25, 0.3) is 0 Å². The van der Waals surface area contributed by atoms with Crippen LogP contribution in [0, 0.1) is 45.4 Å². The highest BCUT2D eigenvalue weighted by Crippen LogP contribution is 2.37. The maximum absolute atomic E-state index is 6.39. The first-order chi connectivity index (χ1) is 14.2. The summed E-state index contributed by atoms with van der Waals surface area (Å²) in [4.78, 5) is 0. The molecular formula is C29H48O. The molecule has 1 nitrogen and oxygen atoms in total. The Morgan fingerprint density at radius 1 is 0.700 bits per heavy atom. The molecule has 2 atom stereocenters. The van der Waals surface area contributed by atoms with Crippen molar-refractivity contribution in [2.24, 2.45) is 17.8 Å². The quantitative estimate of drug-likeness (QED) is 0.332. The zero-order valence-corrected chi connectivity index (χ0v) is 21.3. The first-order valence-electron chi connectivity index (χ1n) is 12.7. The van der Waals surface area contributed by atoms with Crippen LogP contribution in [0.1, 0.15) is 113 Å². The summed E-state index contributed by atoms with van der Waals surface area (Å²) in [5.74, 6) is 4.93. The van der Waals surface area contributed by atoms with E-state index in [2.05, 4.69) is 61.5 Å². The lowest BCUT2D eigenvalue weighted by Gasteiger charge is -2.25. The second kappa shape index (κ2) is 12.0. The lowest BCUT2D eigenvalue weighted by Crippen LogP contribution is -2.10. The first-order valence-corrected chi connectivity index (χ1v) is 12.7. The molecule has 0 amide bonds. The molecule has 0 spiro atoms. The molecule has 0 aromatic heterocycles. The lowest BCUT2D eigenvalue weighted by molar-refractivity contribution is 0.360. The Morgan fingerprint density at radius 3 is 1.83 bits per heavy atom. The van der Waals surface area contributed by atoms with Crippen LogP contribution in [0.3, 0.4) is 0 Å². The van der Waals surface area contributed by atoms with Crippen molar-refractivity contribution in [1.29, 1.82) is 0 Å².